The summed E-state index contributed by atoms with van der Waals surface area (Å²) in [6.45, 7) is 3.24. The minimum absolute atomic E-state index is 0.310. The van der Waals surface area contributed by atoms with E-state index in [1.165, 1.54) is 0 Å². The Morgan fingerprint density at radius 1 is 1.48 bits per heavy atom. The van der Waals surface area contributed by atoms with Crippen molar-refractivity contribution in [2.24, 2.45) is 16.6 Å². The molecular weight excluding hydrogens is 266 g/mol. The first-order valence-electron chi connectivity index (χ1n) is 6.90. The lowest BCUT2D eigenvalue weighted by Gasteiger charge is -2.23. The van der Waals surface area contributed by atoms with Gasteiger partial charge in [-0.25, -0.2) is 0 Å². The molecule has 0 aromatic heterocycles. The fraction of sp³-hybridized carbons (Fsp3) is 0.375. The highest BCUT2D eigenvalue weighted by Crippen LogP contribution is 2.30. The molecule has 1 aromatic rings. The molecule has 5 nitrogen and oxygen atoms in total. The first kappa shape index (κ1) is 15.3. The molecule has 0 bridgehead atoms. The van der Waals surface area contributed by atoms with Crippen LogP contribution in [0.2, 0.25) is 0 Å². The third-order valence-electron chi connectivity index (χ3n) is 3.79. The number of carbonyl (C=O) groups is 1. The van der Waals surface area contributed by atoms with Gasteiger partial charge in [-0.3, -0.25) is 9.79 Å². The molecule has 0 saturated carbocycles. The molecule has 2 rings (SSSR count). The van der Waals surface area contributed by atoms with Crippen molar-refractivity contribution >= 4 is 17.2 Å². The smallest absolute Gasteiger partial charge is 0.226 e. The molecule has 1 atom stereocenters. The summed E-state index contributed by atoms with van der Waals surface area (Å²) in [5, 5.41) is 3.16. The lowest BCUT2D eigenvalue weighted by molar-refractivity contribution is -0.120. The molecule has 21 heavy (non-hydrogen) atoms. The van der Waals surface area contributed by atoms with Gasteiger partial charge in [0.15, 0.2) is 0 Å². The maximum atomic E-state index is 11.6. The Hall–Kier alpha value is -2.14. The summed E-state index contributed by atoms with van der Waals surface area (Å²) < 4.78 is 5.46. The van der Waals surface area contributed by atoms with Gasteiger partial charge in [0, 0.05) is 31.4 Å². The van der Waals surface area contributed by atoms with Crippen LogP contribution in [0.5, 0.6) is 5.75 Å². The number of hydrogen-bond donors (Lipinski definition) is 2. The number of rotatable bonds is 4. The molecule has 1 heterocycles. The van der Waals surface area contributed by atoms with Crippen LogP contribution in [0.3, 0.4) is 0 Å². The van der Waals surface area contributed by atoms with E-state index in [4.69, 9.17) is 10.5 Å². The lowest BCUT2D eigenvalue weighted by Crippen LogP contribution is -2.37. The van der Waals surface area contributed by atoms with E-state index in [-0.39, 0.29) is 11.8 Å². The van der Waals surface area contributed by atoms with Gasteiger partial charge in [-0.2, -0.15) is 0 Å². The summed E-state index contributed by atoms with van der Waals surface area (Å²) in [6, 6.07) is 5.90. The highest BCUT2D eigenvalue weighted by Gasteiger charge is 2.24. The van der Waals surface area contributed by atoms with Crippen LogP contribution in [0.25, 0.3) is 5.57 Å². The van der Waals surface area contributed by atoms with Crippen molar-refractivity contribution < 1.29 is 9.53 Å². The maximum Gasteiger partial charge on any atom is 0.226 e. The summed E-state index contributed by atoms with van der Waals surface area (Å²) in [4.78, 5) is 15.8. The Labute approximate surface area is 124 Å². The van der Waals surface area contributed by atoms with Gasteiger partial charge in [-0.15, -0.1) is 0 Å². The Balaban J connectivity index is 2.45. The number of hydrogen-bond acceptors (Lipinski definition) is 4. The fourth-order valence-corrected chi connectivity index (χ4v) is 2.53. The molecule has 112 valence electrons. The number of nitrogens with zero attached hydrogens (tertiary/aromatic N) is 1. The zero-order valence-corrected chi connectivity index (χ0v) is 12.6. The first-order valence-corrected chi connectivity index (χ1v) is 6.90. The second-order valence-electron chi connectivity index (χ2n) is 5.00. The Morgan fingerprint density at radius 3 is 2.86 bits per heavy atom. The van der Waals surface area contributed by atoms with Crippen LogP contribution in [-0.4, -0.2) is 38.9 Å². The number of benzene rings is 1. The monoisotopic (exact) mass is 287 g/mol. The number of methoxy groups -OCH3 is 1. The van der Waals surface area contributed by atoms with Crippen LogP contribution in [0.15, 0.2) is 29.3 Å². The van der Waals surface area contributed by atoms with Gasteiger partial charge in [0.25, 0.3) is 0 Å². The number of nitrogens with two attached hydrogens (primary N) is 1. The highest BCUT2D eigenvalue weighted by molar-refractivity contribution is 6.01. The van der Waals surface area contributed by atoms with Crippen molar-refractivity contribution in [1.29, 1.82) is 0 Å². The number of ether oxygens (including phenoxy) is 1. The predicted octanol–water partition coefficient (Wildman–Crippen LogP) is 1.22. The van der Waals surface area contributed by atoms with E-state index in [9.17, 15) is 4.79 Å². The van der Waals surface area contributed by atoms with E-state index < -0.39 is 0 Å². The SMILES string of the molecule is CN=C(C)c1ccc(C2=CCNCC2C(N)=O)cc1OC. The molecule has 0 saturated heterocycles. The van der Waals surface area contributed by atoms with Crippen LogP contribution in [0.4, 0.5) is 0 Å². The normalized spacial score (nSPS) is 19.1. The summed E-state index contributed by atoms with van der Waals surface area (Å²) in [7, 11) is 3.38. The van der Waals surface area contributed by atoms with Crippen molar-refractivity contribution in [3.8, 4) is 5.75 Å². The van der Waals surface area contributed by atoms with E-state index in [0.29, 0.717) is 6.54 Å². The lowest BCUT2D eigenvalue weighted by atomic mass is 9.88. The number of nitrogens with one attached hydrogen (secondary N) is 1. The van der Waals surface area contributed by atoms with Crippen LogP contribution >= 0.6 is 0 Å². The quantitative estimate of drug-likeness (QED) is 0.818. The largest absolute Gasteiger partial charge is 0.496 e. The standard InChI is InChI=1S/C16H21N3O2/c1-10(18-2)12-5-4-11(8-15(12)21-3)13-6-7-19-9-14(13)16(17)20/h4-6,8,14,19H,7,9H2,1-3H3,(H2,17,20). The molecule has 1 unspecified atom stereocenters. The minimum Gasteiger partial charge on any atom is -0.496 e. The van der Waals surface area contributed by atoms with Crippen molar-refractivity contribution in [3.63, 3.8) is 0 Å². The molecule has 0 aliphatic carbocycles. The van der Waals surface area contributed by atoms with Crippen LogP contribution in [0, 0.1) is 5.92 Å². The number of primary amides is 1. The highest BCUT2D eigenvalue weighted by atomic mass is 16.5. The zero-order valence-electron chi connectivity index (χ0n) is 12.6. The minimum atomic E-state index is -0.317. The summed E-state index contributed by atoms with van der Waals surface area (Å²) in [6.07, 6.45) is 2.01. The summed E-state index contributed by atoms with van der Waals surface area (Å²) in [5.74, 6) is 0.122. The Morgan fingerprint density at radius 2 is 2.24 bits per heavy atom. The topological polar surface area (TPSA) is 76.7 Å². The number of carbonyl (C=O) groups excluding carboxylic acids is 1. The zero-order chi connectivity index (χ0) is 15.4. The molecule has 0 spiro atoms. The van der Waals surface area contributed by atoms with E-state index in [0.717, 1.165) is 34.7 Å². The second-order valence-corrected chi connectivity index (χ2v) is 5.00. The van der Waals surface area contributed by atoms with Gasteiger partial charge in [0.05, 0.1) is 13.0 Å². The van der Waals surface area contributed by atoms with Crippen molar-refractivity contribution in [1.82, 2.24) is 5.32 Å². The van der Waals surface area contributed by atoms with E-state index in [2.05, 4.69) is 10.3 Å². The Kier molecular flexibility index (Phi) is 4.75. The fourth-order valence-electron chi connectivity index (χ4n) is 2.53. The van der Waals surface area contributed by atoms with Crippen LogP contribution in [-0.2, 0) is 4.79 Å². The summed E-state index contributed by atoms with van der Waals surface area (Å²) in [5.41, 5.74) is 9.27. The van der Waals surface area contributed by atoms with E-state index in [1.54, 1.807) is 14.2 Å². The Bertz CT molecular complexity index is 606. The molecule has 3 N–H and O–H groups in total. The van der Waals surface area contributed by atoms with Crippen molar-refractivity contribution in [2.75, 3.05) is 27.2 Å². The second kappa shape index (κ2) is 6.54. The van der Waals surface area contributed by atoms with Crippen molar-refractivity contribution in [3.05, 3.63) is 35.4 Å². The number of aliphatic imine (C=N–C) groups is 1. The molecule has 1 amide bonds. The van der Waals surface area contributed by atoms with Crippen molar-refractivity contribution in [2.45, 2.75) is 6.92 Å². The average Bonchev–Trinajstić information content (AvgIpc) is 2.53. The third-order valence-corrected chi connectivity index (χ3v) is 3.79. The molecule has 5 heteroatoms. The maximum absolute atomic E-state index is 11.6. The van der Waals surface area contributed by atoms with E-state index in [1.807, 2.05) is 31.2 Å². The van der Waals surface area contributed by atoms with Crippen LogP contribution in [0.1, 0.15) is 18.1 Å². The molecule has 0 fully saturated rings. The van der Waals surface area contributed by atoms with Gasteiger partial charge in [0.2, 0.25) is 5.91 Å². The molecule has 1 aromatic carbocycles. The molecule has 0 radical (unpaired) electrons. The van der Waals surface area contributed by atoms with E-state index >= 15 is 0 Å². The predicted molar refractivity (Wildman–Crippen MR) is 84.7 cm³/mol. The van der Waals surface area contributed by atoms with Gasteiger partial charge >= 0.3 is 0 Å². The average molecular weight is 287 g/mol. The van der Waals surface area contributed by atoms with Gasteiger partial charge in [0.1, 0.15) is 5.75 Å². The molecule has 1 aliphatic rings. The molecular formula is C16H21N3O2. The number of amides is 1. The van der Waals surface area contributed by atoms with Gasteiger partial charge in [-0.05, 0) is 30.2 Å². The van der Waals surface area contributed by atoms with Gasteiger partial charge in [-0.1, -0.05) is 12.1 Å². The van der Waals surface area contributed by atoms with Crippen LogP contribution < -0.4 is 15.8 Å². The molecule has 1 aliphatic heterocycles. The third kappa shape index (κ3) is 3.13. The first-order chi connectivity index (χ1) is 10.1. The summed E-state index contributed by atoms with van der Waals surface area (Å²) >= 11 is 0. The van der Waals surface area contributed by atoms with Gasteiger partial charge < -0.3 is 15.8 Å².